The zero-order chi connectivity index (χ0) is 8.27. The highest BCUT2D eigenvalue weighted by Gasteiger charge is 1.99. The minimum Gasteiger partial charge on any atom is -0.246 e. The van der Waals surface area contributed by atoms with Crippen molar-refractivity contribution < 1.29 is 0 Å². The number of aromatic nitrogens is 1. The molecule has 0 spiro atoms. The molecule has 56 valence electrons. The van der Waals surface area contributed by atoms with Crippen molar-refractivity contribution in [2.75, 3.05) is 0 Å². The smallest absolute Gasteiger partial charge is 0.0912 e. The molecule has 0 aliphatic carbocycles. The van der Waals surface area contributed by atoms with Gasteiger partial charge in [0.2, 0.25) is 0 Å². The highest BCUT2D eigenvalue weighted by atomic mass is 32.1. The predicted molar refractivity (Wildman–Crippen MR) is 46.2 cm³/mol. The molecule has 0 unspecified atom stereocenters. The topological polar surface area (TPSA) is 36.7 Å². The first-order valence-corrected chi connectivity index (χ1v) is 4.06. The molecule has 3 heteroatoms. The van der Waals surface area contributed by atoms with Gasteiger partial charge in [0.15, 0.2) is 0 Å². The second kappa shape index (κ2) is 3.31. The summed E-state index contributed by atoms with van der Waals surface area (Å²) in [6.45, 7) is 3.90. The third-order valence-corrected chi connectivity index (χ3v) is 2.29. The van der Waals surface area contributed by atoms with Gasteiger partial charge in [0.25, 0.3) is 0 Å². The second-order valence-electron chi connectivity index (χ2n) is 2.14. The molecule has 2 nitrogen and oxygen atoms in total. The van der Waals surface area contributed by atoms with Gasteiger partial charge in [-0.25, -0.2) is 4.98 Å². The van der Waals surface area contributed by atoms with Crippen LogP contribution in [0, 0.1) is 25.2 Å². The number of rotatable bonds is 1. The molecule has 0 atom stereocenters. The van der Waals surface area contributed by atoms with E-state index in [0.717, 1.165) is 15.6 Å². The fraction of sp³-hybridized carbons (Fsp3) is 0.250. The Morgan fingerprint density at radius 3 is 2.73 bits per heavy atom. The van der Waals surface area contributed by atoms with Gasteiger partial charge < -0.3 is 0 Å². The number of nitriles is 1. The fourth-order valence-electron chi connectivity index (χ4n) is 0.815. The van der Waals surface area contributed by atoms with E-state index in [1.165, 1.54) is 6.08 Å². The van der Waals surface area contributed by atoms with Gasteiger partial charge in [-0.1, -0.05) is 0 Å². The fourth-order valence-corrected chi connectivity index (χ4v) is 1.64. The Morgan fingerprint density at radius 2 is 2.27 bits per heavy atom. The first kappa shape index (κ1) is 7.96. The normalized spacial score (nSPS) is 10.3. The van der Waals surface area contributed by atoms with Crippen LogP contribution >= 0.6 is 11.3 Å². The lowest BCUT2D eigenvalue weighted by Crippen LogP contribution is -1.72. The molecule has 1 aromatic heterocycles. The van der Waals surface area contributed by atoms with Crippen LogP contribution in [0.4, 0.5) is 0 Å². The summed E-state index contributed by atoms with van der Waals surface area (Å²) in [4.78, 5) is 5.30. The van der Waals surface area contributed by atoms with E-state index in [-0.39, 0.29) is 0 Å². The third-order valence-electron chi connectivity index (χ3n) is 1.25. The summed E-state index contributed by atoms with van der Waals surface area (Å²) < 4.78 is 0. The molecule has 0 fully saturated rings. The van der Waals surface area contributed by atoms with Gasteiger partial charge in [0.05, 0.1) is 21.6 Å². The quantitative estimate of drug-likeness (QED) is 0.597. The number of allylic oxidation sites excluding steroid dienone is 1. The molecule has 0 saturated heterocycles. The van der Waals surface area contributed by atoms with Gasteiger partial charge in [0, 0.05) is 6.08 Å². The molecule has 1 aromatic rings. The lowest BCUT2D eigenvalue weighted by Gasteiger charge is -1.81. The summed E-state index contributed by atoms with van der Waals surface area (Å²) in [5, 5.41) is 9.31. The summed E-state index contributed by atoms with van der Waals surface area (Å²) >= 11 is 1.61. The Balaban J connectivity index is 2.96. The molecule has 11 heavy (non-hydrogen) atoms. The summed E-state index contributed by atoms with van der Waals surface area (Å²) in [5.74, 6) is 0. The van der Waals surface area contributed by atoms with Crippen LogP contribution in [0.5, 0.6) is 0 Å². The van der Waals surface area contributed by atoms with Crippen LogP contribution in [0.15, 0.2) is 6.08 Å². The molecule has 0 bridgehead atoms. The van der Waals surface area contributed by atoms with E-state index in [2.05, 4.69) is 4.98 Å². The monoisotopic (exact) mass is 164 g/mol. The van der Waals surface area contributed by atoms with E-state index in [9.17, 15) is 0 Å². The first-order chi connectivity index (χ1) is 5.24. The minimum absolute atomic E-state index is 0.999. The van der Waals surface area contributed by atoms with Crippen molar-refractivity contribution in [3.8, 4) is 6.07 Å². The Morgan fingerprint density at radius 1 is 1.55 bits per heavy atom. The van der Waals surface area contributed by atoms with E-state index >= 15 is 0 Å². The molecule has 0 aliphatic heterocycles. The minimum atomic E-state index is 0.999. The van der Waals surface area contributed by atoms with Gasteiger partial charge >= 0.3 is 0 Å². The molecule has 1 heterocycles. The van der Waals surface area contributed by atoms with Crippen molar-refractivity contribution in [1.29, 1.82) is 5.26 Å². The maximum atomic E-state index is 8.27. The van der Waals surface area contributed by atoms with Gasteiger partial charge in [-0.05, 0) is 19.9 Å². The van der Waals surface area contributed by atoms with Crippen LogP contribution in [-0.4, -0.2) is 4.98 Å². The van der Waals surface area contributed by atoms with Crippen molar-refractivity contribution in [2.24, 2.45) is 0 Å². The molecule has 0 amide bonds. The van der Waals surface area contributed by atoms with Crippen molar-refractivity contribution >= 4 is 17.4 Å². The number of hydrogen-bond acceptors (Lipinski definition) is 3. The van der Waals surface area contributed by atoms with E-state index in [4.69, 9.17) is 5.26 Å². The number of hydrogen-bond donors (Lipinski definition) is 0. The van der Waals surface area contributed by atoms with Crippen LogP contribution in [0.25, 0.3) is 6.08 Å². The summed E-state index contributed by atoms with van der Waals surface area (Å²) in [5.41, 5.74) is 0.999. The summed E-state index contributed by atoms with van der Waals surface area (Å²) in [7, 11) is 0. The van der Waals surface area contributed by atoms with Crippen LogP contribution < -0.4 is 0 Å². The van der Waals surface area contributed by atoms with Gasteiger partial charge in [-0.3, -0.25) is 0 Å². The Hall–Kier alpha value is -1.14. The molecule has 0 aliphatic rings. The second-order valence-corrected chi connectivity index (χ2v) is 3.38. The maximum absolute atomic E-state index is 8.27. The zero-order valence-electron chi connectivity index (χ0n) is 6.46. The van der Waals surface area contributed by atoms with Crippen molar-refractivity contribution in [3.63, 3.8) is 0 Å². The highest BCUT2D eigenvalue weighted by Crippen LogP contribution is 2.18. The standard InChI is InChI=1S/C8H8N2S/c1-6-8(4-3-5-9)11-7(2)10-6/h3-4H,1-2H3. The lowest BCUT2D eigenvalue weighted by molar-refractivity contribution is 1.20. The molecule has 0 N–H and O–H groups in total. The van der Waals surface area contributed by atoms with Gasteiger partial charge in [0.1, 0.15) is 0 Å². The third kappa shape index (κ3) is 1.89. The van der Waals surface area contributed by atoms with Crippen molar-refractivity contribution in [1.82, 2.24) is 4.98 Å². The van der Waals surface area contributed by atoms with E-state index in [1.807, 2.05) is 19.9 Å². The summed E-state index contributed by atoms with van der Waals surface area (Å²) in [6.07, 6.45) is 3.26. The largest absolute Gasteiger partial charge is 0.246 e. The maximum Gasteiger partial charge on any atom is 0.0912 e. The summed E-state index contributed by atoms with van der Waals surface area (Å²) in [6, 6.07) is 1.95. The molecule has 0 radical (unpaired) electrons. The van der Waals surface area contributed by atoms with Crippen LogP contribution in [0.1, 0.15) is 15.6 Å². The van der Waals surface area contributed by atoms with E-state index < -0.39 is 0 Å². The highest BCUT2D eigenvalue weighted by molar-refractivity contribution is 7.12. The Kier molecular flexibility index (Phi) is 2.40. The molecular formula is C8H8N2S. The number of thiazole rings is 1. The van der Waals surface area contributed by atoms with Crippen LogP contribution in [0.3, 0.4) is 0 Å². The zero-order valence-corrected chi connectivity index (χ0v) is 7.27. The molecule has 0 aromatic carbocycles. The van der Waals surface area contributed by atoms with Crippen molar-refractivity contribution in [2.45, 2.75) is 13.8 Å². The molecule has 0 saturated carbocycles. The SMILES string of the molecule is Cc1nc(C)c(C=CC#N)s1. The van der Waals surface area contributed by atoms with E-state index in [0.29, 0.717) is 0 Å². The first-order valence-electron chi connectivity index (χ1n) is 3.24. The van der Waals surface area contributed by atoms with Crippen LogP contribution in [0.2, 0.25) is 0 Å². The van der Waals surface area contributed by atoms with E-state index in [1.54, 1.807) is 17.4 Å². The predicted octanol–water partition coefficient (Wildman–Crippen LogP) is 2.30. The van der Waals surface area contributed by atoms with Crippen molar-refractivity contribution in [3.05, 3.63) is 21.7 Å². The number of nitrogens with zero attached hydrogens (tertiary/aromatic N) is 2. The van der Waals surface area contributed by atoms with Gasteiger partial charge in [-0.2, -0.15) is 5.26 Å². The molecule has 1 rings (SSSR count). The number of aryl methyl sites for hydroxylation is 2. The average Bonchev–Trinajstić information content (AvgIpc) is 2.26. The van der Waals surface area contributed by atoms with Gasteiger partial charge in [-0.15, -0.1) is 11.3 Å². The average molecular weight is 164 g/mol. The lowest BCUT2D eigenvalue weighted by atomic mass is 10.3. The Labute approximate surface area is 69.8 Å². The molecular weight excluding hydrogens is 156 g/mol. The van der Waals surface area contributed by atoms with Crippen LogP contribution in [-0.2, 0) is 0 Å². The Bertz CT molecular complexity index is 317.